The van der Waals surface area contributed by atoms with Crippen LogP contribution >= 0.6 is 46.4 Å². The van der Waals surface area contributed by atoms with Crippen molar-refractivity contribution in [2.75, 3.05) is 13.2 Å². The van der Waals surface area contributed by atoms with E-state index in [4.69, 9.17) is 21.3 Å². The number of fused-ring (bicyclic) bond motifs is 1. The molecule has 2 aliphatic rings. The van der Waals surface area contributed by atoms with Crippen LogP contribution in [0.25, 0.3) is 0 Å². The SMILES string of the molecule is CCOC(=O)N1CC[C@H](N=C2NNC(Cl)c3ccccc32)C[C@@H]1Cc1ccccc1.S=CI. The number of amidine groups is 1. The molecule has 6 nitrogen and oxygen atoms in total. The van der Waals surface area contributed by atoms with Gasteiger partial charge in [-0.2, -0.15) is 0 Å². The van der Waals surface area contributed by atoms with Crippen molar-refractivity contribution in [2.45, 2.75) is 43.8 Å². The van der Waals surface area contributed by atoms with Crippen molar-refractivity contribution in [3.05, 3.63) is 71.3 Å². The van der Waals surface area contributed by atoms with Crippen LogP contribution in [0.2, 0.25) is 0 Å². The lowest BCUT2D eigenvalue weighted by Crippen LogP contribution is -2.49. The Labute approximate surface area is 219 Å². The van der Waals surface area contributed by atoms with E-state index in [1.165, 1.54) is 5.56 Å². The van der Waals surface area contributed by atoms with E-state index in [0.717, 1.165) is 36.2 Å². The molecule has 33 heavy (non-hydrogen) atoms. The van der Waals surface area contributed by atoms with Gasteiger partial charge < -0.3 is 15.1 Å². The van der Waals surface area contributed by atoms with Crippen LogP contribution in [0.4, 0.5) is 4.79 Å². The number of hydrogen-bond donors (Lipinski definition) is 2. The molecule has 176 valence electrons. The number of ether oxygens (including phenoxy) is 1. The number of hydrogen-bond acceptors (Lipinski definition) is 5. The molecule has 2 aliphatic heterocycles. The average Bonchev–Trinajstić information content (AvgIpc) is 2.83. The van der Waals surface area contributed by atoms with Gasteiger partial charge in [0.2, 0.25) is 0 Å². The third-order valence-corrected chi connectivity index (χ3v) is 5.97. The molecule has 2 aromatic rings. The molecule has 3 atom stereocenters. The molecule has 0 aliphatic carbocycles. The van der Waals surface area contributed by atoms with Crippen LogP contribution in [-0.2, 0) is 11.2 Å². The van der Waals surface area contributed by atoms with E-state index in [9.17, 15) is 4.79 Å². The summed E-state index contributed by atoms with van der Waals surface area (Å²) in [6.07, 6.45) is 2.12. The maximum atomic E-state index is 12.5. The number of hydrazine groups is 1. The Balaban J connectivity index is 0.000000968. The number of thiocarbonyl (C=S) groups is 1. The van der Waals surface area contributed by atoms with Crippen LogP contribution in [0, 0.1) is 0 Å². The van der Waals surface area contributed by atoms with E-state index in [1.807, 2.05) is 76.9 Å². The number of carbonyl (C=O) groups is 1. The number of nitrogens with zero attached hydrogens (tertiary/aromatic N) is 2. The Hall–Kier alpha value is -1.75. The van der Waals surface area contributed by atoms with Crippen molar-refractivity contribution >= 4 is 61.7 Å². The van der Waals surface area contributed by atoms with Gasteiger partial charge in [-0.3, -0.25) is 4.99 Å². The van der Waals surface area contributed by atoms with Crippen molar-refractivity contribution in [3.8, 4) is 0 Å². The number of nitrogens with one attached hydrogen (secondary N) is 2. The maximum absolute atomic E-state index is 12.5. The Bertz CT molecular complexity index is 962. The summed E-state index contributed by atoms with van der Waals surface area (Å²) in [6, 6.07) is 18.4. The van der Waals surface area contributed by atoms with E-state index in [-0.39, 0.29) is 23.7 Å². The number of halogens is 2. The van der Waals surface area contributed by atoms with Crippen molar-refractivity contribution in [2.24, 2.45) is 4.99 Å². The van der Waals surface area contributed by atoms with Crippen LogP contribution in [0.1, 0.15) is 42.0 Å². The van der Waals surface area contributed by atoms with Gasteiger partial charge in [-0.1, -0.05) is 78.4 Å². The summed E-state index contributed by atoms with van der Waals surface area (Å²) >= 11 is 12.6. The summed E-state index contributed by atoms with van der Waals surface area (Å²) < 4.78 is 6.86. The predicted molar refractivity (Wildman–Crippen MR) is 146 cm³/mol. The topological polar surface area (TPSA) is 66.0 Å². The van der Waals surface area contributed by atoms with Gasteiger partial charge in [0.25, 0.3) is 0 Å². The minimum absolute atomic E-state index is 0.0436. The van der Waals surface area contributed by atoms with E-state index in [1.54, 1.807) is 3.37 Å². The second-order valence-electron chi connectivity index (χ2n) is 7.70. The molecule has 2 N–H and O–H groups in total. The van der Waals surface area contributed by atoms with E-state index >= 15 is 0 Å². The molecule has 1 saturated heterocycles. The van der Waals surface area contributed by atoms with Crippen LogP contribution in [-0.4, -0.2) is 45.4 Å². The summed E-state index contributed by atoms with van der Waals surface area (Å²) in [5.74, 6) is 0.801. The molecule has 0 radical (unpaired) electrons. The molecule has 0 bridgehead atoms. The normalized spacial score (nSPS) is 22.9. The second kappa shape index (κ2) is 13.2. The number of amides is 1. The van der Waals surface area contributed by atoms with Gasteiger partial charge in [-0.25, -0.2) is 10.2 Å². The number of piperidine rings is 1. The third-order valence-electron chi connectivity index (χ3n) is 5.62. The molecule has 2 aromatic carbocycles. The Morgan fingerprint density at radius 3 is 2.70 bits per heavy atom. The number of likely N-dealkylation sites (tertiary alicyclic amines) is 1. The molecule has 0 spiro atoms. The number of aliphatic imine (C=N–C) groups is 1. The number of benzene rings is 2. The molecule has 0 saturated carbocycles. The Kier molecular flexibility index (Phi) is 10.4. The molecule has 1 amide bonds. The molecular weight excluding hydrogens is 571 g/mol. The molecule has 0 aromatic heterocycles. The van der Waals surface area contributed by atoms with Crippen LogP contribution in [0.5, 0.6) is 0 Å². The molecule has 4 rings (SSSR count). The molecule has 9 heteroatoms. The first-order valence-corrected chi connectivity index (χ1v) is 13.1. The quantitative estimate of drug-likeness (QED) is 0.163. The first-order chi connectivity index (χ1) is 16.1. The highest BCUT2D eigenvalue weighted by Gasteiger charge is 2.33. The van der Waals surface area contributed by atoms with Gasteiger partial charge >= 0.3 is 6.09 Å². The average molecular weight is 599 g/mol. The van der Waals surface area contributed by atoms with Crippen molar-refractivity contribution < 1.29 is 9.53 Å². The van der Waals surface area contributed by atoms with Gasteiger partial charge in [0.1, 0.15) is 11.3 Å². The fraction of sp³-hybridized carbons (Fsp3) is 0.375. The van der Waals surface area contributed by atoms with Crippen molar-refractivity contribution in [1.29, 1.82) is 0 Å². The van der Waals surface area contributed by atoms with Gasteiger partial charge in [0.05, 0.1) is 12.6 Å². The highest BCUT2D eigenvalue weighted by atomic mass is 127. The van der Waals surface area contributed by atoms with E-state index < -0.39 is 0 Å². The van der Waals surface area contributed by atoms with Gasteiger partial charge in [0.15, 0.2) is 0 Å². The van der Waals surface area contributed by atoms with Crippen LogP contribution in [0.15, 0.2) is 59.6 Å². The highest BCUT2D eigenvalue weighted by molar-refractivity contribution is 14.1. The summed E-state index contributed by atoms with van der Waals surface area (Å²) in [5.41, 5.74) is 9.17. The summed E-state index contributed by atoms with van der Waals surface area (Å²) in [4.78, 5) is 19.4. The lowest BCUT2D eigenvalue weighted by molar-refractivity contribution is 0.0733. The number of rotatable bonds is 4. The summed E-state index contributed by atoms with van der Waals surface area (Å²) in [6.45, 7) is 2.85. The van der Waals surface area contributed by atoms with Crippen LogP contribution in [0.3, 0.4) is 0 Å². The smallest absolute Gasteiger partial charge is 0.410 e. The lowest BCUT2D eigenvalue weighted by atomic mass is 9.92. The Morgan fingerprint density at radius 1 is 1.27 bits per heavy atom. The summed E-state index contributed by atoms with van der Waals surface area (Å²) in [7, 11) is 0. The maximum Gasteiger partial charge on any atom is 0.410 e. The first-order valence-electron chi connectivity index (χ1n) is 10.9. The second-order valence-corrected chi connectivity index (χ2v) is 9.84. The zero-order valence-electron chi connectivity index (χ0n) is 18.4. The molecule has 2 heterocycles. The zero-order valence-corrected chi connectivity index (χ0v) is 22.1. The molecule has 1 unspecified atom stereocenters. The van der Waals surface area contributed by atoms with Gasteiger partial charge in [0, 0.05) is 21.5 Å². The number of alkyl halides is 1. The molecular formula is C24H28ClIN4O2S. The fourth-order valence-electron chi connectivity index (χ4n) is 4.17. The minimum atomic E-state index is -0.295. The third kappa shape index (κ3) is 7.11. The fourth-order valence-corrected chi connectivity index (χ4v) is 4.41. The zero-order chi connectivity index (χ0) is 23.6. The van der Waals surface area contributed by atoms with E-state index in [0.29, 0.717) is 13.2 Å². The highest BCUT2D eigenvalue weighted by Crippen LogP contribution is 2.27. The monoisotopic (exact) mass is 598 g/mol. The number of carbonyl (C=O) groups excluding carboxylic acids is 1. The standard InChI is InChI=1S/C23H27ClN4O2.CHIS/c1-2-30-23(29)28-13-12-17(15-18(28)14-16-8-4-3-5-9-16)25-22-20-11-7-6-10-19(20)21(24)26-27-22;2-1-3/h3-11,17-18,21,26H,2,12-15H2,1H3,(H,25,27);1H/t17-,18-,21?;/m0./s1. The predicted octanol–water partition coefficient (Wildman–Crippen LogP) is 5.39. The summed E-state index contributed by atoms with van der Waals surface area (Å²) in [5, 5.41) is 0. The first kappa shape index (κ1) is 25.9. The lowest BCUT2D eigenvalue weighted by Gasteiger charge is -2.38. The Morgan fingerprint density at radius 2 is 1.97 bits per heavy atom. The van der Waals surface area contributed by atoms with Gasteiger partial charge in [-0.15, -0.1) is 0 Å². The van der Waals surface area contributed by atoms with Gasteiger partial charge in [-0.05, 0) is 59.9 Å². The van der Waals surface area contributed by atoms with E-state index in [2.05, 4.69) is 35.2 Å². The van der Waals surface area contributed by atoms with Crippen LogP contribution < -0.4 is 10.9 Å². The largest absolute Gasteiger partial charge is 0.450 e. The minimum Gasteiger partial charge on any atom is -0.450 e. The van der Waals surface area contributed by atoms with Crippen molar-refractivity contribution in [3.63, 3.8) is 0 Å². The van der Waals surface area contributed by atoms with Crippen molar-refractivity contribution in [1.82, 2.24) is 15.8 Å². The molecule has 1 fully saturated rings.